The molecule has 108 valence electrons. The summed E-state index contributed by atoms with van der Waals surface area (Å²) in [5.41, 5.74) is 1.96. The molecule has 0 fully saturated rings. The van der Waals surface area contributed by atoms with E-state index >= 15 is 0 Å². The van der Waals surface area contributed by atoms with Crippen molar-refractivity contribution in [1.29, 1.82) is 0 Å². The lowest BCUT2D eigenvalue weighted by molar-refractivity contribution is -0.135. The van der Waals surface area contributed by atoms with Crippen LogP contribution < -0.4 is 14.2 Å². The lowest BCUT2D eigenvalue weighted by Gasteiger charge is -2.27. The maximum atomic E-state index is 11.9. The number of benzene rings is 2. The molecule has 0 saturated carbocycles. The van der Waals surface area contributed by atoms with Crippen LogP contribution in [0.2, 0.25) is 0 Å². The molecule has 2 aromatic rings. The molecule has 1 aliphatic heterocycles. The Morgan fingerprint density at radius 1 is 1.10 bits per heavy atom. The third-order valence-corrected chi connectivity index (χ3v) is 3.68. The first-order valence-corrected chi connectivity index (χ1v) is 6.74. The summed E-state index contributed by atoms with van der Waals surface area (Å²) in [4.78, 5) is 11.9. The van der Waals surface area contributed by atoms with Gasteiger partial charge in [0.25, 0.3) is 0 Å². The highest BCUT2D eigenvalue weighted by molar-refractivity contribution is 5.79. The van der Waals surface area contributed by atoms with Gasteiger partial charge in [0, 0.05) is 23.6 Å². The largest absolute Gasteiger partial charge is 0.496 e. The van der Waals surface area contributed by atoms with E-state index in [4.69, 9.17) is 14.2 Å². The van der Waals surface area contributed by atoms with E-state index in [-0.39, 0.29) is 11.9 Å². The first-order chi connectivity index (χ1) is 10.2. The number of fused-ring (bicyclic) bond motifs is 1. The van der Waals surface area contributed by atoms with Crippen LogP contribution >= 0.6 is 0 Å². The second-order valence-electron chi connectivity index (χ2n) is 4.88. The molecule has 1 atom stereocenters. The molecule has 1 aliphatic rings. The first-order valence-electron chi connectivity index (χ1n) is 6.74. The number of carbonyl (C=O) groups is 1. The molecular weight excluding hydrogens is 268 g/mol. The predicted octanol–water partition coefficient (Wildman–Crippen LogP) is 3.14. The summed E-state index contributed by atoms with van der Waals surface area (Å²) in [5, 5.41) is 0. The second kappa shape index (κ2) is 5.48. The Bertz CT molecular complexity index is 664. The van der Waals surface area contributed by atoms with E-state index in [9.17, 15) is 4.79 Å². The molecule has 4 heteroatoms. The van der Waals surface area contributed by atoms with Crippen molar-refractivity contribution in [2.75, 3.05) is 14.2 Å². The molecule has 0 aliphatic carbocycles. The number of hydrogen-bond acceptors (Lipinski definition) is 4. The molecule has 4 nitrogen and oxygen atoms in total. The van der Waals surface area contributed by atoms with E-state index in [2.05, 4.69) is 0 Å². The Kier molecular flexibility index (Phi) is 3.52. The van der Waals surface area contributed by atoms with Gasteiger partial charge in [-0.3, -0.25) is 4.79 Å². The van der Waals surface area contributed by atoms with Gasteiger partial charge in [-0.2, -0.15) is 0 Å². The fourth-order valence-corrected chi connectivity index (χ4v) is 2.69. The normalized spacial score (nSPS) is 16.9. The summed E-state index contributed by atoms with van der Waals surface area (Å²) in [5.74, 6) is 1.48. The van der Waals surface area contributed by atoms with Crippen LogP contribution in [0.15, 0.2) is 42.5 Å². The zero-order valence-electron chi connectivity index (χ0n) is 12.0. The fraction of sp³-hybridized carbons (Fsp3) is 0.235. The maximum Gasteiger partial charge on any atom is 0.312 e. The summed E-state index contributed by atoms with van der Waals surface area (Å²) < 4.78 is 16.1. The molecule has 1 unspecified atom stereocenters. The lowest BCUT2D eigenvalue weighted by Crippen LogP contribution is -2.21. The average molecular weight is 284 g/mol. The molecule has 1 heterocycles. The minimum atomic E-state index is -0.244. The number of esters is 1. The molecule has 21 heavy (non-hydrogen) atoms. The van der Waals surface area contributed by atoms with Crippen molar-refractivity contribution in [3.63, 3.8) is 0 Å². The Balaban J connectivity index is 2.17. The van der Waals surface area contributed by atoms with Crippen LogP contribution in [0, 0.1) is 0 Å². The summed E-state index contributed by atoms with van der Waals surface area (Å²) in [6, 6.07) is 13.4. The molecule has 0 bridgehead atoms. The van der Waals surface area contributed by atoms with Gasteiger partial charge in [0.1, 0.15) is 17.2 Å². The maximum absolute atomic E-state index is 11.9. The van der Waals surface area contributed by atoms with Gasteiger partial charge in [0.05, 0.1) is 20.6 Å². The van der Waals surface area contributed by atoms with Crippen LogP contribution in [-0.4, -0.2) is 20.2 Å². The number of ether oxygens (including phenoxy) is 3. The Labute approximate surface area is 123 Å². The van der Waals surface area contributed by atoms with Crippen molar-refractivity contribution in [3.8, 4) is 17.2 Å². The van der Waals surface area contributed by atoms with Gasteiger partial charge in [-0.1, -0.05) is 30.3 Å². The van der Waals surface area contributed by atoms with Gasteiger partial charge in [0.15, 0.2) is 0 Å². The van der Waals surface area contributed by atoms with E-state index in [0.717, 1.165) is 11.1 Å². The molecule has 2 aromatic carbocycles. The summed E-state index contributed by atoms with van der Waals surface area (Å²) in [6.45, 7) is 0. The summed E-state index contributed by atoms with van der Waals surface area (Å²) >= 11 is 0. The summed E-state index contributed by atoms with van der Waals surface area (Å²) in [6.07, 6.45) is 0.305. The first kappa shape index (κ1) is 13.5. The Hall–Kier alpha value is -2.49. The lowest BCUT2D eigenvalue weighted by atomic mass is 9.85. The number of methoxy groups -OCH3 is 2. The topological polar surface area (TPSA) is 44.8 Å². The van der Waals surface area contributed by atoms with Crippen molar-refractivity contribution in [3.05, 3.63) is 53.6 Å². The van der Waals surface area contributed by atoms with Crippen molar-refractivity contribution in [1.82, 2.24) is 0 Å². The van der Waals surface area contributed by atoms with Crippen LogP contribution in [0.4, 0.5) is 0 Å². The zero-order chi connectivity index (χ0) is 14.8. The van der Waals surface area contributed by atoms with E-state index < -0.39 is 0 Å². The highest BCUT2D eigenvalue weighted by atomic mass is 16.5. The van der Waals surface area contributed by atoms with Gasteiger partial charge < -0.3 is 14.2 Å². The highest BCUT2D eigenvalue weighted by Crippen LogP contribution is 2.46. The predicted molar refractivity (Wildman–Crippen MR) is 78.1 cm³/mol. The minimum absolute atomic E-state index is 0.0664. The quantitative estimate of drug-likeness (QED) is 0.641. The number of rotatable bonds is 3. The minimum Gasteiger partial charge on any atom is -0.496 e. The van der Waals surface area contributed by atoms with Crippen LogP contribution in [0.1, 0.15) is 23.5 Å². The molecule has 0 saturated heterocycles. The van der Waals surface area contributed by atoms with Crippen LogP contribution in [0.25, 0.3) is 0 Å². The van der Waals surface area contributed by atoms with Crippen molar-refractivity contribution < 1.29 is 19.0 Å². The standard InChI is InChI=1S/C17H16O4/c1-19-12-8-14(20-2)17-13(11-6-4-3-5-7-11)10-16(18)21-15(17)9-12/h3-9,13H,10H2,1-2H3. The zero-order valence-corrected chi connectivity index (χ0v) is 12.0. The summed E-state index contributed by atoms with van der Waals surface area (Å²) in [7, 11) is 3.17. The van der Waals surface area contributed by atoms with Gasteiger partial charge in [0.2, 0.25) is 0 Å². The number of hydrogen-bond donors (Lipinski definition) is 0. The fourth-order valence-electron chi connectivity index (χ4n) is 2.69. The van der Waals surface area contributed by atoms with Crippen molar-refractivity contribution >= 4 is 5.97 Å². The smallest absolute Gasteiger partial charge is 0.312 e. The average Bonchev–Trinajstić information content (AvgIpc) is 2.53. The molecule has 0 radical (unpaired) electrons. The highest BCUT2D eigenvalue weighted by Gasteiger charge is 2.32. The molecule has 0 N–H and O–H groups in total. The van der Waals surface area contributed by atoms with E-state index in [1.165, 1.54) is 0 Å². The monoisotopic (exact) mass is 284 g/mol. The van der Waals surface area contributed by atoms with Gasteiger partial charge >= 0.3 is 5.97 Å². The molecule has 0 spiro atoms. The Morgan fingerprint density at radius 3 is 2.52 bits per heavy atom. The van der Waals surface area contributed by atoms with Crippen molar-refractivity contribution in [2.24, 2.45) is 0 Å². The molecule has 0 amide bonds. The third kappa shape index (κ3) is 2.44. The third-order valence-electron chi connectivity index (χ3n) is 3.68. The second-order valence-corrected chi connectivity index (χ2v) is 4.88. The SMILES string of the molecule is COc1cc(OC)c2c(c1)OC(=O)CC2c1ccccc1. The van der Waals surface area contributed by atoms with Gasteiger partial charge in [-0.25, -0.2) is 0 Å². The molecular formula is C17H16O4. The van der Waals surface area contributed by atoms with Crippen molar-refractivity contribution in [2.45, 2.75) is 12.3 Å². The van der Waals surface area contributed by atoms with E-state index in [1.54, 1.807) is 20.3 Å². The van der Waals surface area contributed by atoms with E-state index in [1.807, 2.05) is 36.4 Å². The van der Waals surface area contributed by atoms with Gasteiger partial charge in [-0.05, 0) is 5.56 Å². The van der Waals surface area contributed by atoms with E-state index in [0.29, 0.717) is 23.7 Å². The molecule has 0 aromatic heterocycles. The van der Waals surface area contributed by atoms with Crippen LogP contribution in [0.5, 0.6) is 17.2 Å². The van der Waals surface area contributed by atoms with Crippen LogP contribution in [0.3, 0.4) is 0 Å². The number of carbonyl (C=O) groups excluding carboxylic acids is 1. The molecule has 3 rings (SSSR count). The Morgan fingerprint density at radius 2 is 1.86 bits per heavy atom. The van der Waals surface area contributed by atoms with Gasteiger partial charge in [-0.15, -0.1) is 0 Å². The van der Waals surface area contributed by atoms with Crippen LogP contribution in [-0.2, 0) is 4.79 Å².